The lowest BCUT2D eigenvalue weighted by atomic mass is 10.3. The van der Waals surface area contributed by atoms with Gasteiger partial charge >= 0.3 is 0 Å². The average molecular weight is 363 g/mol. The third-order valence-electron chi connectivity index (χ3n) is 4.20. The molecule has 0 aliphatic carbocycles. The fraction of sp³-hybridized carbons (Fsp3) is 0.588. The molecule has 0 amide bonds. The summed E-state index contributed by atoms with van der Waals surface area (Å²) >= 11 is 1.75. The third kappa shape index (κ3) is 5.02. The number of aryl methyl sites for hydroxylation is 1. The number of nitrogens with one attached hydrogen (secondary N) is 1. The van der Waals surface area contributed by atoms with Crippen LogP contribution >= 0.6 is 11.3 Å². The highest BCUT2D eigenvalue weighted by Gasteiger charge is 2.20. The summed E-state index contributed by atoms with van der Waals surface area (Å²) < 4.78 is 4.91. The van der Waals surface area contributed by atoms with Crippen molar-refractivity contribution in [2.75, 3.05) is 32.7 Å². The van der Waals surface area contributed by atoms with E-state index in [1.807, 2.05) is 12.3 Å². The van der Waals surface area contributed by atoms with E-state index in [9.17, 15) is 0 Å². The largest absolute Gasteiger partial charge is 0.364 e. The van der Waals surface area contributed by atoms with Gasteiger partial charge in [-0.3, -0.25) is 4.90 Å². The number of piperazine rings is 1. The molecular formula is C17H26N6OS. The summed E-state index contributed by atoms with van der Waals surface area (Å²) in [6, 6.07) is 1.93. The summed E-state index contributed by atoms with van der Waals surface area (Å²) in [5, 5.41) is 8.48. The van der Waals surface area contributed by atoms with Crippen molar-refractivity contribution in [3.63, 3.8) is 0 Å². The van der Waals surface area contributed by atoms with Crippen LogP contribution in [-0.2, 0) is 19.5 Å². The summed E-state index contributed by atoms with van der Waals surface area (Å²) in [5.74, 6) is 0.983. The van der Waals surface area contributed by atoms with Gasteiger partial charge in [0.25, 0.3) is 0 Å². The number of hydrogen-bond donors (Lipinski definition) is 1. The van der Waals surface area contributed by atoms with Crippen LogP contribution in [0.2, 0.25) is 0 Å². The molecule has 0 aromatic carbocycles. The Labute approximate surface area is 152 Å². The molecule has 0 spiro atoms. The van der Waals surface area contributed by atoms with Gasteiger partial charge in [-0.05, 0) is 13.3 Å². The first-order valence-corrected chi connectivity index (χ1v) is 9.68. The fourth-order valence-electron chi connectivity index (χ4n) is 2.82. The number of hydrogen-bond acceptors (Lipinski definition) is 6. The van der Waals surface area contributed by atoms with E-state index in [1.165, 1.54) is 4.88 Å². The van der Waals surface area contributed by atoms with Crippen LogP contribution in [0.3, 0.4) is 0 Å². The normalized spacial score (nSPS) is 16.4. The van der Waals surface area contributed by atoms with Crippen molar-refractivity contribution in [3.05, 3.63) is 34.1 Å². The molecule has 25 heavy (non-hydrogen) atoms. The van der Waals surface area contributed by atoms with Crippen molar-refractivity contribution >= 4 is 17.3 Å². The van der Waals surface area contributed by atoms with Gasteiger partial charge in [-0.15, -0.1) is 11.3 Å². The molecule has 3 rings (SSSR count). The van der Waals surface area contributed by atoms with Crippen LogP contribution in [0.1, 0.15) is 29.4 Å². The maximum atomic E-state index is 4.91. The number of nitrogens with zero attached hydrogens (tertiary/aromatic N) is 5. The molecule has 3 heterocycles. The Morgan fingerprint density at radius 3 is 2.80 bits per heavy atom. The molecule has 0 unspecified atom stereocenters. The van der Waals surface area contributed by atoms with Gasteiger partial charge in [0, 0.05) is 56.4 Å². The molecule has 1 saturated heterocycles. The summed E-state index contributed by atoms with van der Waals surface area (Å²) in [6.45, 7) is 10.5. The van der Waals surface area contributed by atoms with E-state index in [0.717, 1.165) is 62.4 Å². The van der Waals surface area contributed by atoms with Crippen molar-refractivity contribution in [1.29, 1.82) is 0 Å². The van der Waals surface area contributed by atoms with Crippen molar-refractivity contribution in [2.24, 2.45) is 4.99 Å². The van der Waals surface area contributed by atoms with Crippen molar-refractivity contribution < 1.29 is 4.52 Å². The molecule has 1 aliphatic rings. The zero-order valence-electron chi connectivity index (χ0n) is 14.9. The van der Waals surface area contributed by atoms with E-state index < -0.39 is 0 Å². The number of guanidine groups is 1. The molecule has 136 valence electrons. The molecule has 0 radical (unpaired) electrons. The molecular weight excluding hydrogens is 336 g/mol. The van der Waals surface area contributed by atoms with Gasteiger partial charge in [-0.25, -0.2) is 9.98 Å². The highest BCUT2D eigenvalue weighted by atomic mass is 32.1. The van der Waals surface area contributed by atoms with Gasteiger partial charge in [-0.2, -0.15) is 0 Å². The Hall–Kier alpha value is -1.93. The van der Waals surface area contributed by atoms with Crippen LogP contribution in [0, 0.1) is 0 Å². The molecule has 2 aromatic rings. The number of aromatic nitrogens is 2. The van der Waals surface area contributed by atoms with Crippen LogP contribution in [0.25, 0.3) is 0 Å². The second-order valence-corrected chi connectivity index (χ2v) is 7.20. The monoisotopic (exact) mass is 362 g/mol. The third-order valence-corrected chi connectivity index (χ3v) is 5.32. The highest BCUT2D eigenvalue weighted by molar-refractivity contribution is 7.11. The smallest absolute Gasteiger partial charge is 0.194 e. The first-order valence-electron chi connectivity index (χ1n) is 8.87. The second kappa shape index (κ2) is 8.96. The van der Waals surface area contributed by atoms with E-state index in [4.69, 9.17) is 9.52 Å². The van der Waals surface area contributed by atoms with Gasteiger partial charge in [-0.1, -0.05) is 12.1 Å². The lowest BCUT2D eigenvalue weighted by Gasteiger charge is -2.36. The zero-order valence-corrected chi connectivity index (χ0v) is 15.8. The van der Waals surface area contributed by atoms with Crippen molar-refractivity contribution in [3.8, 4) is 0 Å². The lowest BCUT2D eigenvalue weighted by molar-refractivity contribution is 0.169. The first kappa shape index (κ1) is 17.9. The maximum Gasteiger partial charge on any atom is 0.194 e. The molecule has 1 fully saturated rings. The standard InChI is InChI=1S/C17H26N6OS/c1-3-15-11-19-16(25-15)12-20-17(18-4-2)23-8-6-22(7-9-23)13-14-5-10-24-21-14/h5,10-11H,3-4,6-9,12-13H2,1-2H3,(H,18,20). The van der Waals surface area contributed by atoms with Gasteiger partial charge in [0.15, 0.2) is 5.96 Å². The Balaban J connectivity index is 1.54. The summed E-state index contributed by atoms with van der Waals surface area (Å²) in [5.41, 5.74) is 0.990. The predicted octanol–water partition coefficient (Wildman–Crippen LogP) is 1.98. The summed E-state index contributed by atoms with van der Waals surface area (Å²) in [7, 11) is 0. The quantitative estimate of drug-likeness (QED) is 0.626. The minimum absolute atomic E-state index is 0.645. The minimum Gasteiger partial charge on any atom is -0.364 e. The van der Waals surface area contributed by atoms with Crippen molar-refractivity contribution in [2.45, 2.75) is 33.4 Å². The highest BCUT2D eigenvalue weighted by Crippen LogP contribution is 2.14. The zero-order chi connectivity index (χ0) is 17.5. The summed E-state index contributed by atoms with van der Waals surface area (Å²) in [6.07, 6.45) is 4.63. The molecule has 8 heteroatoms. The number of thiazole rings is 1. The van der Waals surface area contributed by atoms with Crippen LogP contribution < -0.4 is 5.32 Å². The SMILES string of the molecule is CCNC(=NCc1ncc(CC)s1)N1CCN(Cc2ccon2)CC1. The Bertz CT molecular complexity index is 660. The van der Waals surface area contributed by atoms with Gasteiger partial charge in [0.1, 0.15) is 11.3 Å². The fourth-order valence-corrected chi connectivity index (χ4v) is 3.61. The lowest BCUT2D eigenvalue weighted by Crippen LogP contribution is -2.52. The number of rotatable bonds is 6. The van der Waals surface area contributed by atoms with Crippen LogP contribution in [0.5, 0.6) is 0 Å². The maximum absolute atomic E-state index is 4.91. The minimum atomic E-state index is 0.645. The molecule has 0 bridgehead atoms. The average Bonchev–Trinajstić information content (AvgIpc) is 3.31. The van der Waals surface area contributed by atoms with E-state index >= 15 is 0 Å². The number of aliphatic imine (C=N–C) groups is 1. The summed E-state index contributed by atoms with van der Waals surface area (Å²) in [4.78, 5) is 15.3. The second-order valence-electron chi connectivity index (χ2n) is 6.00. The van der Waals surface area contributed by atoms with E-state index in [0.29, 0.717) is 6.54 Å². The molecule has 2 aromatic heterocycles. The van der Waals surface area contributed by atoms with E-state index in [2.05, 4.69) is 39.1 Å². The van der Waals surface area contributed by atoms with Gasteiger partial charge in [0.05, 0.1) is 12.2 Å². The van der Waals surface area contributed by atoms with Crippen molar-refractivity contribution in [1.82, 2.24) is 25.3 Å². The van der Waals surface area contributed by atoms with Gasteiger partial charge in [0.2, 0.25) is 0 Å². The molecule has 0 atom stereocenters. The van der Waals surface area contributed by atoms with E-state index in [1.54, 1.807) is 17.6 Å². The molecule has 0 saturated carbocycles. The first-order chi connectivity index (χ1) is 12.3. The molecule has 1 N–H and O–H groups in total. The van der Waals surface area contributed by atoms with Crippen LogP contribution in [0.4, 0.5) is 0 Å². The van der Waals surface area contributed by atoms with Crippen LogP contribution in [0.15, 0.2) is 28.0 Å². The topological polar surface area (TPSA) is 69.8 Å². The Morgan fingerprint density at radius 2 is 2.16 bits per heavy atom. The van der Waals surface area contributed by atoms with Crippen LogP contribution in [-0.4, -0.2) is 58.6 Å². The molecule has 7 nitrogen and oxygen atoms in total. The van der Waals surface area contributed by atoms with E-state index in [-0.39, 0.29) is 0 Å². The van der Waals surface area contributed by atoms with Gasteiger partial charge < -0.3 is 14.7 Å². The Morgan fingerprint density at radius 1 is 1.32 bits per heavy atom. The predicted molar refractivity (Wildman–Crippen MR) is 99.7 cm³/mol. The molecule has 1 aliphatic heterocycles. The Kier molecular flexibility index (Phi) is 6.41.